The first-order valence-electron chi connectivity index (χ1n) is 10.5. The predicted octanol–water partition coefficient (Wildman–Crippen LogP) is 2.35. The van der Waals surface area contributed by atoms with Gasteiger partial charge in [0.2, 0.25) is 5.91 Å². The summed E-state index contributed by atoms with van der Waals surface area (Å²) >= 11 is 0. The Morgan fingerprint density at radius 3 is 2.43 bits per heavy atom. The Hall–Kier alpha value is -2.93. The zero-order valence-electron chi connectivity index (χ0n) is 17.6. The fourth-order valence-electron chi connectivity index (χ4n) is 4.10. The van der Waals surface area contributed by atoms with E-state index >= 15 is 0 Å². The molecule has 4 rings (SSSR count). The minimum Gasteiger partial charge on any atom is -0.368 e. The lowest BCUT2D eigenvalue weighted by molar-refractivity contribution is -0.144. The summed E-state index contributed by atoms with van der Waals surface area (Å²) in [5.41, 5.74) is 3.83. The van der Waals surface area contributed by atoms with E-state index in [0.717, 1.165) is 35.5 Å². The van der Waals surface area contributed by atoms with Gasteiger partial charge >= 0.3 is 0 Å². The number of benzene rings is 1. The number of hydrogen-bond acceptors (Lipinski definition) is 4. The third kappa shape index (κ3) is 4.16. The molecule has 1 unspecified atom stereocenters. The van der Waals surface area contributed by atoms with E-state index < -0.39 is 0 Å². The van der Waals surface area contributed by atoms with Crippen LogP contribution in [-0.2, 0) is 14.3 Å². The van der Waals surface area contributed by atoms with Crippen LogP contribution in [0.2, 0.25) is 0 Å². The molecule has 2 aliphatic rings. The highest BCUT2D eigenvalue weighted by Crippen LogP contribution is 2.20. The summed E-state index contributed by atoms with van der Waals surface area (Å²) < 4.78 is 7.39. The van der Waals surface area contributed by atoms with Crippen LogP contribution in [0.1, 0.15) is 29.8 Å². The highest BCUT2D eigenvalue weighted by Gasteiger charge is 2.30. The number of amides is 2. The van der Waals surface area contributed by atoms with Crippen molar-refractivity contribution < 1.29 is 14.3 Å². The van der Waals surface area contributed by atoms with Gasteiger partial charge in [0.05, 0.1) is 11.4 Å². The Labute approximate surface area is 176 Å². The minimum absolute atomic E-state index is 0.0366. The van der Waals surface area contributed by atoms with Crippen molar-refractivity contribution in [2.75, 3.05) is 32.8 Å². The molecule has 2 saturated heterocycles. The SMILES string of the molecule is Cc1nn(-c2ccccc2)c(C)c1C=CC(=O)N1CCN(C(=O)C2CCCO2)CC1. The van der Waals surface area contributed by atoms with Gasteiger partial charge in [0, 0.05) is 50.1 Å². The first kappa shape index (κ1) is 20.3. The number of aryl methyl sites for hydroxylation is 1. The lowest BCUT2D eigenvalue weighted by Crippen LogP contribution is -2.52. The number of hydrogen-bond donors (Lipinski definition) is 0. The summed E-state index contributed by atoms with van der Waals surface area (Å²) in [5.74, 6) is 0.0280. The summed E-state index contributed by atoms with van der Waals surface area (Å²) in [6, 6.07) is 9.95. The first-order chi connectivity index (χ1) is 14.5. The molecule has 2 amide bonds. The molecule has 0 bridgehead atoms. The predicted molar refractivity (Wildman–Crippen MR) is 114 cm³/mol. The summed E-state index contributed by atoms with van der Waals surface area (Å²) in [5, 5.41) is 4.62. The largest absolute Gasteiger partial charge is 0.368 e. The Balaban J connectivity index is 1.38. The topological polar surface area (TPSA) is 67.7 Å². The van der Waals surface area contributed by atoms with Gasteiger partial charge in [0.1, 0.15) is 6.10 Å². The van der Waals surface area contributed by atoms with Crippen LogP contribution < -0.4 is 0 Å². The number of ether oxygens (including phenoxy) is 1. The number of carbonyl (C=O) groups is 2. The highest BCUT2D eigenvalue weighted by atomic mass is 16.5. The van der Waals surface area contributed by atoms with Crippen molar-refractivity contribution in [2.45, 2.75) is 32.8 Å². The van der Waals surface area contributed by atoms with E-state index in [0.29, 0.717) is 32.8 Å². The van der Waals surface area contributed by atoms with Crippen molar-refractivity contribution in [2.24, 2.45) is 0 Å². The lowest BCUT2D eigenvalue weighted by Gasteiger charge is -2.35. The van der Waals surface area contributed by atoms with Crippen molar-refractivity contribution in [3.8, 4) is 5.69 Å². The van der Waals surface area contributed by atoms with Gasteiger partial charge in [-0.3, -0.25) is 9.59 Å². The summed E-state index contributed by atoms with van der Waals surface area (Å²) in [6.07, 6.45) is 4.92. The molecule has 0 saturated carbocycles. The molecule has 30 heavy (non-hydrogen) atoms. The second-order valence-electron chi connectivity index (χ2n) is 7.82. The zero-order valence-corrected chi connectivity index (χ0v) is 17.6. The third-order valence-corrected chi connectivity index (χ3v) is 5.85. The third-order valence-electron chi connectivity index (χ3n) is 5.85. The molecule has 2 aromatic rings. The van der Waals surface area contributed by atoms with E-state index in [-0.39, 0.29) is 17.9 Å². The van der Waals surface area contributed by atoms with Gasteiger partial charge in [-0.25, -0.2) is 4.68 Å². The van der Waals surface area contributed by atoms with Crippen molar-refractivity contribution in [3.05, 3.63) is 53.4 Å². The van der Waals surface area contributed by atoms with Gasteiger partial charge in [-0.2, -0.15) is 5.10 Å². The Bertz CT molecular complexity index is 937. The summed E-state index contributed by atoms with van der Waals surface area (Å²) in [7, 11) is 0. The number of nitrogens with zero attached hydrogens (tertiary/aromatic N) is 4. The molecule has 158 valence electrons. The van der Waals surface area contributed by atoms with Crippen molar-refractivity contribution >= 4 is 17.9 Å². The maximum atomic E-state index is 12.7. The summed E-state index contributed by atoms with van der Waals surface area (Å²) in [6.45, 7) is 6.83. The van der Waals surface area contributed by atoms with Crippen LogP contribution in [0.3, 0.4) is 0 Å². The van der Waals surface area contributed by atoms with Crippen LogP contribution in [0.15, 0.2) is 36.4 Å². The smallest absolute Gasteiger partial charge is 0.251 e. The second-order valence-corrected chi connectivity index (χ2v) is 7.82. The molecule has 2 fully saturated rings. The fraction of sp³-hybridized carbons (Fsp3) is 0.435. The average molecular weight is 409 g/mol. The maximum Gasteiger partial charge on any atom is 0.251 e. The van der Waals surface area contributed by atoms with Crippen LogP contribution >= 0.6 is 0 Å². The van der Waals surface area contributed by atoms with Gasteiger partial charge < -0.3 is 14.5 Å². The van der Waals surface area contributed by atoms with Crippen LogP contribution in [0.4, 0.5) is 0 Å². The molecule has 3 heterocycles. The molecule has 2 aliphatic heterocycles. The van der Waals surface area contributed by atoms with Gasteiger partial charge in [-0.05, 0) is 44.9 Å². The average Bonchev–Trinajstić information content (AvgIpc) is 3.41. The highest BCUT2D eigenvalue weighted by molar-refractivity contribution is 5.92. The molecule has 0 aliphatic carbocycles. The molecular weight excluding hydrogens is 380 g/mol. The molecule has 0 spiro atoms. The summed E-state index contributed by atoms with van der Waals surface area (Å²) in [4.78, 5) is 28.8. The van der Waals surface area contributed by atoms with E-state index in [4.69, 9.17) is 4.74 Å². The molecular formula is C23H28N4O3. The van der Waals surface area contributed by atoms with E-state index in [1.165, 1.54) is 0 Å². The van der Waals surface area contributed by atoms with E-state index in [1.54, 1.807) is 11.0 Å². The van der Waals surface area contributed by atoms with Gasteiger partial charge in [-0.1, -0.05) is 18.2 Å². The first-order valence-corrected chi connectivity index (χ1v) is 10.5. The number of aromatic nitrogens is 2. The molecule has 1 aromatic heterocycles. The quantitative estimate of drug-likeness (QED) is 0.729. The number of piperazine rings is 1. The van der Waals surface area contributed by atoms with E-state index in [9.17, 15) is 9.59 Å². The van der Waals surface area contributed by atoms with Gasteiger partial charge in [0.25, 0.3) is 5.91 Å². The zero-order chi connectivity index (χ0) is 21.1. The second kappa shape index (κ2) is 8.83. The van der Waals surface area contributed by atoms with Crippen LogP contribution in [0.5, 0.6) is 0 Å². The standard InChI is InChI=1S/C23H28N4O3/c1-17-20(18(2)27(24-17)19-7-4-3-5-8-19)10-11-22(28)25-12-14-26(15-13-25)23(29)21-9-6-16-30-21/h3-5,7-8,10-11,21H,6,9,12-16H2,1-2H3. The number of rotatable bonds is 4. The monoisotopic (exact) mass is 408 g/mol. The molecule has 0 N–H and O–H groups in total. The van der Waals surface area contributed by atoms with Crippen LogP contribution in [0, 0.1) is 13.8 Å². The Morgan fingerprint density at radius 2 is 1.77 bits per heavy atom. The van der Waals surface area contributed by atoms with E-state index in [2.05, 4.69) is 5.10 Å². The minimum atomic E-state index is -0.292. The van der Waals surface area contributed by atoms with Gasteiger partial charge in [-0.15, -0.1) is 0 Å². The maximum absolute atomic E-state index is 12.7. The molecule has 1 atom stereocenters. The number of para-hydroxylation sites is 1. The van der Waals surface area contributed by atoms with Crippen LogP contribution in [0.25, 0.3) is 11.8 Å². The number of carbonyl (C=O) groups excluding carboxylic acids is 2. The lowest BCUT2D eigenvalue weighted by atomic mass is 10.1. The molecule has 0 radical (unpaired) electrons. The fourth-order valence-corrected chi connectivity index (χ4v) is 4.10. The van der Waals surface area contributed by atoms with E-state index in [1.807, 2.05) is 59.8 Å². The van der Waals surface area contributed by atoms with Crippen molar-refractivity contribution in [3.63, 3.8) is 0 Å². The van der Waals surface area contributed by atoms with Crippen LogP contribution in [-0.4, -0.2) is 70.3 Å². The molecule has 7 heteroatoms. The molecule has 1 aromatic carbocycles. The van der Waals surface area contributed by atoms with Crippen molar-refractivity contribution in [1.29, 1.82) is 0 Å². The van der Waals surface area contributed by atoms with Crippen molar-refractivity contribution in [1.82, 2.24) is 19.6 Å². The van der Waals surface area contributed by atoms with Gasteiger partial charge in [0.15, 0.2) is 0 Å². The Kier molecular flexibility index (Phi) is 5.99. The normalized spacial score (nSPS) is 19.6. The Morgan fingerprint density at radius 1 is 1.07 bits per heavy atom. The molecule has 7 nitrogen and oxygen atoms in total.